The number of hydrogen-bond acceptors (Lipinski definition) is 3. The third-order valence-corrected chi connectivity index (χ3v) is 3.47. The summed E-state index contributed by atoms with van der Waals surface area (Å²) in [6.07, 6.45) is 1.52. The summed E-state index contributed by atoms with van der Waals surface area (Å²) >= 11 is 0. The van der Waals surface area contributed by atoms with Crippen LogP contribution in [-0.4, -0.2) is 10.7 Å². The molecule has 0 bridgehead atoms. The van der Waals surface area contributed by atoms with E-state index in [1.165, 1.54) is 12.1 Å². The summed E-state index contributed by atoms with van der Waals surface area (Å²) in [5, 5.41) is 10.8. The van der Waals surface area contributed by atoms with Gasteiger partial charge in [0.1, 0.15) is 0 Å². The van der Waals surface area contributed by atoms with Gasteiger partial charge in [-0.2, -0.15) is 0 Å². The molecule has 0 amide bonds. The van der Waals surface area contributed by atoms with Crippen molar-refractivity contribution in [2.75, 3.05) is 0 Å². The van der Waals surface area contributed by atoms with E-state index < -0.39 is 4.92 Å². The molecule has 4 nitrogen and oxygen atoms in total. The fourth-order valence-electron chi connectivity index (χ4n) is 2.48. The molecule has 94 valence electrons. The number of ketones is 1. The van der Waals surface area contributed by atoms with E-state index in [4.69, 9.17) is 0 Å². The minimum absolute atomic E-state index is 0.0357. The first kappa shape index (κ1) is 11.6. The van der Waals surface area contributed by atoms with Crippen molar-refractivity contribution in [3.8, 4) is 0 Å². The zero-order valence-electron chi connectivity index (χ0n) is 10.1. The standard InChI is InChI=1S/C15H11NO3/c17-15-13-4-2-1-3-10(13)5-6-11-7-8-12(16(18)19)9-14(11)15/h1-4,7-9H,5-6H2. The number of carbonyl (C=O) groups excluding carboxylic acids is 1. The van der Waals surface area contributed by atoms with Crippen LogP contribution in [0.5, 0.6) is 0 Å². The van der Waals surface area contributed by atoms with E-state index in [1.807, 2.05) is 18.2 Å². The number of carbonyl (C=O) groups is 1. The molecule has 0 fully saturated rings. The van der Waals surface area contributed by atoms with Crippen LogP contribution in [0, 0.1) is 10.1 Å². The van der Waals surface area contributed by atoms with Crippen molar-refractivity contribution in [2.45, 2.75) is 12.8 Å². The highest BCUT2D eigenvalue weighted by atomic mass is 16.6. The SMILES string of the molecule is O=C1c2ccccc2CCc2ccc([N+](=O)[O-])cc21. The van der Waals surface area contributed by atoms with Crippen molar-refractivity contribution >= 4 is 11.5 Å². The summed E-state index contributed by atoms with van der Waals surface area (Å²) in [6.45, 7) is 0. The first-order valence-electron chi connectivity index (χ1n) is 6.07. The van der Waals surface area contributed by atoms with Crippen molar-refractivity contribution in [3.63, 3.8) is 0 Å². The van der Waals surface area contributed by atoms with Gasteiger partial charge in [0.05, 0.1) is 4.92 Å². The quantitative estimate of drug-likeness (QED) is 0.580. The molecule has 1 aliphatic carbocycles. The number of fused-ring (bicyclic) bond motifs is 2. The first-order chi connectivity index (χ1) is 9.16. The van der Waals surface area contributed by atoms with Crippen LogP contribution in [-0.2, 0) is 12.8 Å². The van der Waals surface area contributed by atoms with E-state index in [9.17, 15) is 14.9 Å². The van der Waals surface area contributed by atoms with Gasteiger partial charge in [-0.05, 0) is 24.0 Å². The van der Waals surface area contributed by atoms with Gasteiger partial charge in [0.2, 0.25) is 0 Å². The molecule has 2 aromatic rings. The van der Waals surface area contributed by atoms with Gasteiger partial charge in [-0.15, -0.1) is 0 Å². The lowest BCUT2D eigenvalue weighted by atomic mass is 9.98. The van der Waals surface area contributed by atoms with Crippen LogP contribution in [0.1, 0.15) is 27.0 Å². The Hall–Kier alpha value is -2.49. The maximum absolute atomic E-state index is 12.5. The van der Waals surface area contributed by atoms with Gasteiger partial charge in [-0.1, -0.05) is 30.3 Å². The Morgan fingerprint density at radius 2 is 1.63 bits per heavy atom. The predicted molar refractivity (Wildman–Crippen MR) is 70.4 cm³/mol. The third kappa shape index (κ3) is 1.91. The highest BCUT2D eigenvalue weighted by molar-refractivity contribution is 6.11. The Labute approximate surface area is 109 Å². The summed E-state index contributed by atoms with van der Waals surface area (Å²) in [5.74, 6) is -0.119. The molecule has 0 atom stereocenters. The highest BCUT2D eigenvalue weighted by Crippen LogP contribution is 2.27. The normalized spacial score (nSPS) is 13.4. The number of nitro benzene ring substituents is 1. The van der Waals surface area contributed by atoms with Crippen LogP contribution < -0.4 is 0 Å². The fourth-order valence-corrected chi connectivity index (χ4v) is 2.48. The average molecular weight is 253 g/mol. The van der Waals surface area contributed by atoms with Crippen molar-refractivity contribution in [3.05, 3.63) is 74.8 Å². The zero-order chi connectivity index (χ0) is 13.4. The van der Waals surface area contributed by atoms with Gasteiger partial charge in [0.25, 0.3) is 5.69 Å². The minimum Gasteiger partial charge on any atom is -0.289 e. The maximum atomic E-state index is 12.5. The fraction of sp³-hybridized carbons (Fsp3) is 0.133. The molecule has 2 aromatic carbocycles. The van der Waals surface area contributed by atoms with E-state index in [1.54, 1.807) is 12.1 Å². The molecular formula is C15H11NO3. The van der Waals surface area contributed by atoms with E-state index in [0.717, 1.165) is 24.0 Å². The molecule has 0 aliphatic heterocycles. The number of non-ortho nitro benzene ring substituents is 1. The Balaban J connectivity index is 2.18. The van der Waals surface area contributed by atoms with Crippen LogP contribution in [0.2, 0.25) is 0 Å². The van der Waals surface area contributed by atoms with Gasteiger partial charge in [-0.3, -0.25) is 14.9 Å². The van der Waals surface area contributed by atoms with E-state index in [0.29, 0.717) is 11.1 Å². The van der Waals surface area contributed by atoms with E-state index in [-0.39, 0.29) is 11.5 Å². The molecule has 4 heteroatoms. The highest BCUT2D eigenvalue weighted by Gasteiger charge is 2.22. The number of hydrogen-bond donors (Lipinski definition) is 0. The second-order valence-corrected chi connectivity index (χ2v) is 4.58. The molecule has 19 heavy (non-hydrogen) atoms. The number of benzene rings is 2. The van der Waals surface area contributed by atoms with Crippen LogP contribution in [0.15, 0.2) is 42.5 Å². The van der Waals surface area contributed by atoms with Crippen molar-refractivity contribution in [2.24, 2.45) is 0 Å². The number of nitro groups is 1. The Morgan fingerprint density at radius 1 is 0.947 bits per heavy atom. The molecule has 1 aliphatic rings. The van der Waals surface area contributed by atoms with Gasteiger partial charge in [0, 0.05) is 23.3 Å². The van der Waals surface area contributed by atoms with Crippen molar-refractivity contribution in [1.29, 1.82) is 0 Å². The molecule has 0 saturated carbocycles. The van der Waals surface area contributed by atoms with Gasteiger partial charge in [-0.25, -0.2) is 0 Å². The number of nitrogens with zero attached hydrogens (tertiary/aromatic N) is 1. The first-order valence-corrected chi connectivity index (χ1v) is 6.07. The topological polar surface area (TPSA) is 60.2 Å². The van der Waals surface area contributed by atoms with Crippen molar-refractivity contribution < 1.29 is 9.72 Å². The van der Waals surface area contributed by atoms with Crippen LogP contribution in [0.3, 0.4) is 0 Å². The molecule has 0 aromatic heterocycles. The van der Waals surface area contributed by atoms with Gasteiger partial charge in [0.15, 0.2) is 5.78 Å². The van der Waals surface area contributed by atoms with Crippen LogP contribution in [0.25, 0.3) is 0 Å². The zero-order valence-corrected chi connectivity index (χ0v) is 10.1. The average Bonchev–Trinajstić information content (AvgIpc) is 2.57. The number of rotatable bonds is 1. The summed E-state index contributed by atoms with van der Waals surface area (Å²) in [6, 6.07) is 12.0. The molecule has 0 radical (unpaired) electrons. The Kier molecular flexibility index (Phi) is 2.63. The maximum Gasteiger partial charge on any atom is 0.270 e. The lowest BCUT2D eigenvalue weighted by molar-refractivity contribution is -0.384. The predicted octanol–water partition coefficient (Wildman–Crippen LogP) is 2.92. The molecule has 3 rings (SSSR count). The Morgan fingerprint density at radius 3 is 2.37 bits per heavy atom. The monoisotopic (exact) mass is 253 g/mol. The Bertz CT molecular complexity index is 692. The smallest absolute Gasteiger partial charge is 0.270 e. The number of aryl methyl sites for hydroxylation is 2. The second kappa shape index (κ2) is 4.31. The summed E-state index contributed by atoms with van der Waals surface area (Å²) in [5.41, 5.74) is 2.96. The largest absolute Gasteiger partial charge is 0.289 e. The molecule has 0 spiro atoms. The van der Waals surface area contributed by atoms with Crippen molar-refractivity contribution in [1.82, 2.24) is 0 Å². The molecule has 0 saturated heterocycles. The molecule has 0 unspecified atom stereocenters. The van der Waals surface area contributed by atoms with Crippen LogP contribution >= 0.6 is 0 Å². The third-order valence-electron chi connectivity index (χ3n) is 3.47. The summed E-state index contributed by atoms with van der Waals surface area (Å²) < 4.78 is 0. The molecule has 0 heterocycles. The summed E-state index contributed by atoms with van der Waals surface area (Å²) in [7, 11) is 0. The van der Waals surface area contributed by atoms with Crippen LogP contribution in [0.4, 0.5) is 5.69 Å². The lowest BCUT2D eigenvalue weighted by Gasteiger charge is -2.04. The molecule has 0 N–H and O–H groups in total. The van der Waals surface area contributed by atoms with Gasteiger partial charge >= 0.3 is 0 Å². The second-order valence-electron chi connectivity index (χ2n) is 4.58. The summed E-state index contributed by atoms with van der Waals surface area (Å²) in [4.78, 5) is 22.8. The van der Waals surface area contributed by atoms with E-state index in [2.05, 4.69) is 0 Å². The minimum atomic E-state index is -0.468. The molecular weight excluding hydrogens is 242 g/mol. The van der Waals surface area contributed by atoms with E-state index >= 15 is 0 Å². The lowest BCUT2D eigenvalue weighted by Crippen LogP contribution is -2.04. The van der Waals surface area contributed by atoms with Gasteiger partial charge < -0.3 is 0 Å².